The Morgan fingerprint density at radius 3 is 2.59 bits per heavy atom. The van der Waals surface area contributed by atoms with Crippen molar-refractivity contribution < 1.29 is 39.1 Å². The van der Waals surface area contributed by atoms with Crippen molar-refractivity contribution in [2.24, 2.45) is 0 Å². The zero-order valence-corrected chi connectivity index (χ0v) is 18.3. The molecule has 3 rings (SSSR count). The largest absolute Gasteiger partial charge is 0.493 e. The summed E-state index contributed by atoms with van der Waals surface area (Å²) in [6.45, 7) is 2.96. The maximum absolute atomic E-state index is 13.6. The minimum atomic E-state index is -5.62. The van der Waals surface area contributed by atoms with Crippen LogP contribution in [0.15, 0.2) is 36.4 Å². The molecule has 3 amide bonds. The average molecular weight is 466 g/mol. The second-order valence-corrected chi connectivity index (χ2v) is 8.00. The number of hydrogen-bond donors (Lipinski definition) is 1. The SMILES string of the molecule is [2H]C([2H])([2H])S(=O)(=O)C([2H])([2H])[C@H](c1ccc(OC)c(OCC)c1)N1C(=O)c2cccc(NC(C)=O)c2C1=O. The van der Waals surface area contributed by atoms with Crippen LogP contribution in [0.25, 0.3) is 0 Å². The Labute approximate surface area is 193 Å². The Hall–Kier alpha value is -3.40. The number of amides is 3. The Morgan fingerprint density at radius 2 is 1.97 bits per heavy atom. The van der Waals surface area contributed by atoms with Gasteiger partial charge in [-0.05, 0) is 36.8 Å². The van der Waals surface area contributed by atoms with E-state index >= 15 is 0 Å². The molecular weight excluding hydrogens is 436 g/mol. The lowest BCUT2D eigenvalue weighted by Gasteiger charge is -2.27. The molecule has 0 aliphatic carbocycles. The minimum absolute atomic E-state index is 0.0464. The number of methoxy groups -OCH3 is 1. The number of sulfone groups is 1. The zero-order valence-electron chi connectivity index (χ0n) is 22.5. The van der Waals surface area contributed by atoms with Crippen molar-refractivity contribution in [3.8, 4) is 11.5 Å². The highest BCUT2D eigenvalue weighted by Gasteiger charge is 2.43. The normalized spacial score (nSPS) is 17.3. The lowest BCUT2D eigenvalue weighted by molar-refractivity contribution is -0.114. The molecule has 0 saturated heterocycles. The van der Waals surface area contributed by atoms with Crippen molar-refractivity contribution in [2.45, 2.75) is 19.9 Å². The molecule has 1 aliphatic rings. The Bertz CT molecular complexity index is 1380. The summed E-state index contributed by atoms with van der Waals surface area (Å²) < 4.78 is 76.0. The van der Waals surface area contributed by atoms with Crippen molar-refractivity contribution in [1.29, 1.82) is 0 Å². The summed E-state index contributed by atoms with van der Waals surface area (Å²) in [5.74, 6) is -2.51. The third-order valence-electron chi connectivity index (χ3n) is 4.59. The van der Waals surface area contributed by atoms with Crippen LogP contribution >= 0.6 is 0 Å². The quantitative estimate of drug-likeness (QED) is 0.595. The molecular formula is C22H24N2O7S. The summed E-state index contributed by atoms with van der Waals surface area (Å²) >= 11 is 0. The van der Waals surface area contributed by atoms with E-state index in [1.807, 2.05) is 0 Å². The van der Waals surface area contributed by atoms with Gasteiger partial charge in [-0.3, -0.25) is 19.3 Å². The second-order valence-electron chi connectivity index (χ2n) is 6.76. The predicted octanol–water partition coefficient (Wildman–Crippen LogP) is 2.43. The van der Waals surface area contributed by atoms with Gasteiger partial charge in [-0.25, -0.2) is 8.42 Å². The number of nitrogens with one attached hydrogen (secondary N) is 1. The standard InChI is InChI=1S/C22H24N2O7S/c1-5-31-19-11-14(9-10-18(19)30-3)17(12-32(4,28)29)24-21(26)15-7-6-8-16(23-13(2)25)20(15)22(24)27/h6-11,17H,5,12H2,1-4H3,(H,23,25)/t17-/m1/s1/i4D3,12D2. The molecule has 0 saturated carbocycles. The van der Waals surface area contributed by atoms with Gasteiger partial charge in [0.25, 0.3) is 11.8 Å². The van der Waals surface area contributed by atoms with Crippen molar-refractivity contribution in [3.63, 3.8) is 0 Å². The van der Waals surface area contributed by atoms with Crippen molar-refractivity contribution in [1.82, 2.24) is 4.90 Å². The Balaban J connectivity index is 2.31. The molecule has 1 heterocycles. The van der Waals surface area contributed by atoms with Crippen LogP contribution in [0.3, 0.4) is 0 Å². The van der Waals surface area contributed by atoms with Crippen LogP contribution in [0, 0.1) is 0 Å². The molecule has 0 radical (unpaired) electrons. The van der Waals surface area contributed by atoms with Crippen LogP contribution in [0.4, 0.5) is 5.69 Å². The van der Waals surface area contributed by atoms with Crippen LogP contribution in [0.1, 0.15) is 53.0 Å². The first-order chi connectivity index (χ1) is 17.1. The molecule has 0 fully saturated rings. The maximum Gasteiger partial charge on any atom is 0.264 e. The molecule has 170 valence electrons. The van der Waals surface area contributed by atoms with Crippen LogP contribution in [-0.2, 0) is 14.6 Å². The highest BCUT2D eigenvalue weighted by Crippen LogP contribution is 2.38. The van der Waals surface area contributed by atoms with E-state index in [1.54, 1.807) is 6.92 Å². The number of carbonyl (C=O) groups is 3. The lowest BCUT2D eigenvalue weighted by Crippen LogP contribution is -2.37. The maximum atomic E-state index is 13.6. The average Bonchev–Trinajstić information content (AvgIpc) is 3.04. The summed E-state index contributed by atoms with van der Waals surface area (Å²) in [4.78, 5) is 39.0. The first-order valence-corrected chi connectivity index (χ1v) is 10.9. The summed E-state index contributed by atoms with van der Waals surface area (Å²) in [6.07, 6.45) is -3.82. The van der Waals surface area contributed by atoms with Crippen molar-refractivity contribution in [2.75, 3.05) is 30.9 Å². The molecule has 1 aliphatic heterocycles. The van der Waals surface area contributed by atoms with Gasteiger partial charge in [-0.1, -0.05) is 12.1 Å². The van der Waals surface area contributed by atoms with Gasteiger partial charge < -0.3 is 14.8 Å². The number of benzene rings is 2. The highest BCUT2D eigenvalue weighted by molar-refractivity contribution is 7.90. The smallest absolute Gasteiger partial charge is 0.264 e. The molecule has 0 spiro atoms. The van der Waals surface area contributed by atoms with Gasteiger partial charge in [-0.2, -0.15) is 0 Å². The van der Waals surface area contributed by atoms with E-state index in [1.165, 1.54) is 50.4 Å². The van der Waals surface area contributed by atoms with E-state index < -0.39 is 45.5 Å². The second kappa shape index (κ2) is 8.99. The van der Waals surface area contributed by atoms with Crippen LogP contribution < -0.4 is 14.8 Å². The number of anilines is 1. The predicted molar refractivity (Wildman–Crippen MR) is 118 cm³/mol. The van der Waals surface area contributed by atoms with Crippen LogP contribution in [-0.4, -0.2) is 56.6 Å². The number of fused-ring (bicyclic) bond motifs is 1. The summed E-state index contributed by atoms with van der Waals surface area (Å²) in [6, 6.07) is 5.42. The van der Waals surface area contributed by atoms with E-state index in [0.29, 0.717) is 4.90 Å². The number of imide groups is 1. The van der Waals surface area contributed by atoms with Crippen molar-refractivity contribution in [3.05, 3.63) is 53.1 Å². The molecule has 1 atom stereocenters. The molecule has 32 heavy (non-hydrogen) atoms. The third-order valence-corrected chi connectivity index (χ3v) is 5.12. The van der Waals surface area contributed by atoms with E-state index in [0.717, 1.165) is 0 Å². The number of rotatable bonds is 8. The highest BCUT2D eigenvalue weighted by atomic mass is 32.2. The Kier molecular flexibility index (Phi) is 4.83. The Morgan fingerprint density at radius 1 is 1.22 bits per heavy atom. The number of ether oxygens (including phenoxy) is 2. The summed E-state index contributed by atoms with van der Waals surface area (Å²) in [7, 11) is -4.29. The fourth-order valence-corrected chi connectivity index (χ4v) is 3.92. The number of nitrogens with zero attached hydrogens (tertiary/aromatic N) is 1. The fraction of sp³-hybridized carbons (Fsp3) is 0.318. The minimum Gasteiger partial charge on any atom is -0.493 e. The summed E-state index contributed by atoms with van der Waals surface area (Å²) in [5.41, 5.74) is -4.47. The number of carbonyl (C=O) groups excluding carboxylic acids is 3. The third kappa shape index (κ3) is 4.59. The summed E-state index contributed by atoms with van der Waals surface area (Å²) in [5, 5.41) is 2.41. The van der Waals surface area contributed by atoms with E-state index in [9.17, 15) is 22.8 Å². The first kappa shape index (κ1) is 17.2. The number of hydrogen-bond acceptors (Lipinski definition) is 7. The molecule has 1 N–H and O–H groups in total. The zero-order chi connectivity index (χ0) is 27.9. The molecule has 10 heteroatoms. The molecule has 0 bridgehead atoms. The fourth-order valence-electron chi connectivity index (χ4n) is 3.38. The molecule has 0 aromatic heterocycles. The van der Waals surface area contributed by atoms with Gasteiger partial charge in [0, 0.05) is 20.0 Å². The van der Waals surface area contributed by atoms with Gasteiger partial charge in [0.1, 0.15) is 9.84 Å². The topological polar surface area (TPSA) is 119 Å². The lowest BCUT2D eigenvalue weighted by atomic mass is 10.1. The van der Waals surface area contributed by atoms with E-state index in [4.69, 9.17) is 16.3 Å². The van der Waals surface area contributed by atoms with Gasteiger partial charge >= 0.3 is 0 Å². The molecule has 2 aromatic rings. The van der Waals surface area contributed by atoms with Crippen LogP contribution in [0.2, 0.25) is 0 Å². The molecule has 9 nitrogen and oxygen atoms in total. The monoisotopic (exact) mass is 465 g/mol. The first-order valence-electron chi connectivity index (χ1n) is 11.9. The van der Waals surface area contributed by atoms with Crippen LogP contribution in [0.5, 0.6) is 11.5 Å². The van der Waals surface area contributed by atoms with Gasteiger partial charge in [0.2, 0.25) is 5.91 Å². The van der Waals surface area contributed by atoms with Gasteiger partial charge in [0.05, 0.1) is 42.3 Å². The molecule has 0 unspecified atom stereocenters. The van der Waals surface area contributed by atoms with Gasteiger partial charge in [0.15, 0.2) is 11.5 Å². The van der Waals surface area contributed by atoms with E-state index in [-0.39, 0.29) is 40.5 Å². The van der Waals surface area contributed by atoms with Gasteiger partial charge in [-0.15, -0.1) is 0 Å². The molecule has 2 aromatic carbocycles. The van der Waals surface area contributed by atoms with Crippen molar-refractivity contribution >= 4 is 33.2 Å². The van der Waals surface area contributed by atoms with E-state index in [2.05, 4.69) is 5.32 Å².